The van der Waals surface area contributed by atoms with Crippen molar-refractivity contribution in [2.75, 3.05) is 0 Å². The molecule has 0 bridgehead atoms. The SMILES string of the molecule is O=C[C@@H](Br)c1cccc(Cl)c1Cl. The van der Waals surface area contributed by atoms with Crippen molar-refractivity contribution < 1.29 is 4.79 Å². The van der Waals surface area contributed by atoms with E-state index in [0.717, 1.165) is 6.29 Å². The lowest BCUT2D eigenvalue weighted by Gasteiger charge is -2.05. The highest BCUT2D eigenvalue weighted by atomic mass is 79.9. The van der Waals surface area contributed by atoms with E-state index in [9.17, 15) is 4.79 Å². The Balaban J connectivity index is 3.15. The van der Waals surface area contributed by atoms with E-state index >= 15 is 0 Å². The topological polar surface area (TPSA) is 17.1 Å². The smallest absolute Gasteiger partial charge is 0.138 e. The first-order chi connectivity index (χ1) is 5.66. The van der Waals surface area contributed by atoms with E-state index in [1.165, 1.54) is 0 Å². The Morgan fingerprint density at radius 2 is 2.08 bits per heavy atom. The highest BCUT2D eigenvalue weighted by Crippen LogP contribution is 2.32. The average molecular weight is 268 g/mol. The molecule has 0 heterocycles. The third-order valence-electron chi connectivity index (χ3n) is 1.40. The molecule has 0 N–H and O–H groups in total. The summed E-state index contributed by atoms with van der Waals surface area (Å²) in [6, 6.07) is 5.18. The first kappa shape index (κ1) is 10.0. The van der Waals surface area contributed by atoms with Crippen molar-refractivity contribution in [2.45, 2.75) is 4.83 Å². The normalized spacial score (nSPS) is 12.6. The summed E-state index contributed by atoms with van der Waals surface area (Å²) < 4.78 is 0. The van der Waals surface area contributed by atoms with Crippen LogP contribution in [0, 0.1) is 0 Å². The predicted octanol–water partition coefficient (Wildman–Crippen LogP) is 3.63. The minimum atomic E-state index is -0.385. The molecular formula is C8H5BrCl2O. The molecule has 0 amide bonds. The lowest BCUT2D eigenvalue weighted by Crippen LogP contribution is -1.91. The van der Waals surface area contributed by atoms with Gasteiger partial charge < -0.3 is 4.79 Å². The van der Waals surface area contributed by atoms with Crippen LogP contribution in [0.3, 0.4) is 0 Å². The van der Waals surface area contributed by atoms with E-state index in [-0.39, 0.29) is 4.83 Å². The number of hydrogen-bond acceptors (Lipinski definition) is 1. The lowest BCUT2D eigenvalue weighted by atomic mass is 10.2. The van der Waals surface area contributed by atoms with Gasteiger partial charge in [-0.2, -0.15) is 0 Å². The molecule has 1 atom stereocenters. The van der Waals surface area contributed by atoms with Gasteiger partial charge in [0.1, 0.15) is 6.29 Å². The van der Waals surface area contributed by atoms with Crippen molar-refractivity contribution in [1.29, 1.82) is 0 Å². The van der Waals surface area contributed by atoms with E-state index < -0.39 is 0 Å². The average Bonchev–Trinajstić information content (AvgIpc) is 2.08. The number of alkyl halides is 1. The van der Waals surface area contributed by atoms with Gasteiger partial charge in [0.2, 0.25) is 0 Å². The monoisotopic (exact) mass is 266 g/mol. The van der Waals surface area contributed by atoms with Gasteiger partial charge in [0.05, 0.1) is 14.9 Å². The predicted molar refractivity (Wildman–Crippen MR) is 54.2 cm³/mol. The zero-order valence-corrected chi connectivity index (χ0v) is 9.03. The Labute approximate surface area is 88.8 Å². The second-order valence-corrected chi connectivity index (χ2v) is 3.95. The maximum atomic E-state index is 10.4. The van der Waals surface area contributed by atoms with Crippen LogP contribution in [-0.2, 0) is 4.79 Å². The van der Waals surface area contributed by atoms with Crippen molar-refractivity contribution in [1.82, 2.24) is 0 Å². The fraction of sp³-hybridized carbons (Fsp3) is 0.125. The van der Waals surface area contributed by atoms with Crippen LogP contribution in [0.1, 0.15) is 10.4 Å². The van der Waals surface area contributed by atoms with Crippen LogP contribution in [-0.4, -0.2) is 6.29 Å². The van der Waals surface area contributed by atoms with Gasteiger partial charge in [-0.3, -0.25) is 0 Å². The summed E-state index contributed by atoms with van der Waals surface area (Å²) in [6.07, 6.45) is 0.761. The third kappa shape index (κ3) is 2.00. The molecule has 64 valence electrons. The third-order valence-corrected chi connectivity index (χ3v) is 2.94. The van der Waals surface area contributed by atoms with Crippen molar-refractivity contribution in [2.24, 2.45) is 0 Å². The molecule has 4 heteroatoms. The molecule has 0 aliphatic heterocycles. The van der Waals surface area contributed by atoms with Gasteiger partial charge in [-0.15, -0.1) is 0 Å². The highest BCUT2D eigenvalue weighted by Gasteiger charge is 2.11. The largest absolute Gasteiger partial charge is 0.302 e. The van der Waals surface area contributed by atoms with Gasteiger partial charge in [-0.1, -0.05) is 51.3 Å². The minimum Gasteiger partial charge on any atom is -0.302 e. The first-order valence-corrected chi connectivity index (χ1v) is 4.87. The maximum absolute atomic E-state index is 10.4. The molecule has 1 aromatic rings. The van der Waals surface area contributed by atoms with Crippen molar-refractivity contribution in [3.8, 4) is 0 Å². The van der Waals surface area contributed by atoms with Crippen LogP contribution in [0.4, 0.5) is 0 Å². The summed E-state index contributed by atoms with van der Waals surface area (Å²) in [5.41, 5.74) is 0.694. The summed E-state index contributed by atoms with van der Waals surface area (Å²) in [6.45, 7) is 0. The van der Waals surface area contributed by atoms with Crippen molar-refractivity contribution in [3.05, 3.63) is 33.8 Å². The fourth-order valence-corrected chi connectivity index (χ4v) is 1.75. The van der Waals surface area contributed by atoms with Crippen LogP contribution in [0.5, 0.6) is 0 Å². The molecule has 0 aromatic heterocycles. The van der Waals surface area contributed by atoms with Gasteiger partial charge in [-0.25, -0.2) is 0 Å². The number of carbonyl (C=O) groups is 1. The zero-order valence-electron chi connectivity index (χ0n) is 5.93. The fourth-order valence-electron chi connectivity index (χ4n) is 0.807. The first-order valence-electron chi connectivity index (χ1n) is 3.20. The van der Waals surface area contributed by atoms with Gasteiger partial charge in [0.15, 0.2) is 0 Å². The summed E-state index contributed by atoms with van der Waals surface area (Å²) in [5.74, 6) is 0. The molecule has 1 aromatic carbocycles. The maximum Gasteiger partial charge on any atom is 0.138 e. The molecule has 0 radical (unpaired) electrons. The van der Waals surface area contributed by atoms with E-state index in [1.54, 1.807) is 18.2 Å². The van der Waals surface area contributed by atoms with E-state index in [0.29, 0.717) is 15.6 Å². The van der Waals surface area contributed by atoms with Gasteiger partial charge in [-0.05, 0) is 11.6 Å². The van der Waals surface area contributed by atoms with E-state index in [4.69, 9.17) is 23.2 Å². The minimum absolute atomic E-state index is 0.385. The summed E-state index contributed by atoms with van der Waals surface area (Å²) in [4.78, 5) is 10.0. The summed E-state index contributed by atoms with van der Waals surface area (Å²) >= 11 is 14.8. The molecule has 0 fully saturated rings. The molecular weight excluding hydrogens is 263 g/mol. The van der Waals surface area contributed by atoms with Crippen molar-refractivity contribution >= 4 is 45.4 Å². The lowest BCUT2D eigenvalue weighted by molar-refractivity contribution is -0.107. The summed E-state index contributed by atoms with van der Waals surface area (Å²) in [7, 11) is 0. The number of carbonyl (C=O) groups excluding carboxylic acids is 1. The second kappa shape index (κ2) is 4.26. The van der Waals surface area contributed by atoms with Gasteiger partial charge >= 0.3 is 0 Å². The van der Waals surface area contributed by atoms with Crippen LogP contribution in [0.25, 0.3) is 0 Å². The van der Waals surface area contributed by atoms with E-state index in [2.05, 4.69) is 15.9 Å². The molecule has 0 aliphatic rings. The quantitative estimate of drug-likeness (QED) is 0.591. The Morgan fingerprint density at radius 1 is 1.42 bits per heavy atom. The number of hydrogen-bond donors (Lipinski definition) is 0. The molecule has 1 rings (SSSR count). The van der Waals surface area contributed by atoms with Crippen LogP contribution < -0.4 is 0 Å². The molecule has 1 nitrogen and oxygen atoms in total. The molecule has 0 spiro atoms. The Bertz CT molecular complexity index is 301. The number of rotatable bonds is 2. The molecule has 0 saturated heterocycles. The second-order valence-electron chi connectivity index (χ2n) is 2.18. The van der Waals surface area contributed by atoms with Crippen LogP contribution in [0.15, 0.2) is 18.2 Å². The zero-order chi connectivity index (χ0) is 9.14. The molecule has 0 aliphatic carbocycles. The highest BCUT2D eigenvalue weighted by molar-refractivity contribution is 9.09. The molecule has 12 heavy (non-hydrogen) atoms. The Morgan fingerprint density at radius 3 is 2.67 bits per heavy atom. The van der Waals surface area contributed by atoms with Crippen molar-refractivity contribution in [3.63, 3.8) is 0 Å². The molecule has 0 unspecified atom stereocenters. The van der Waals surface area contributed by atoms with Gasteiger partial charge in [0.25, 0.3) is 0 Å². The van der Waals surface area contributed by atoms with Gasteiger partial charge in [0, 0.05) is 0 Å². The summed E-state index contributed by atoms with van der Waals surface area (Å²) in [5, 5.41) is 0.883. The Hall–Kier alpha value is -0.0500. The number of aldehydes is 1. The number of halogens is 3. The van der Waals surface area contributed by atoms with E-state index in [1.807, 2.05) is 0 Å². The standard InChI is InChI=1S/C8H5BrCl2O/c9-6(4-12)5-2-1-3-7(10)8(5)11/h1-4,6H/t6-/m1/s1. The Kier molecular flexibility index (Phi) is 3.56. The van der Waals surface area contributed by atoms with Crippen LogP contribution in [0.2, 0.25) is 10.0 Å². The van der Waals surface area contributed by atoms with Crippen LogP contribution >= 0.6 is 39.1 Å². The molecule has 0 saturated carbocycles. The number of benzene rings is 1.